The molecule has 0 radical (unpaired) electrons. The molecule has 0 bridgehead atoms. The van der Waals surface area contributed by atoms with Crippen molar-refractivity contribution in [2.75, 3.05) is 0 Å². The number of nitro benzene ring substituents is 1. The third-order valence-corrected chi connectivity index (χ3v) is 3.53. The third-order valence-electron chi connectivity index (χ3n) is 3.28. The van der Waals surface area contributed by atoms with Crippen molar-refractivity contribution >= 4 is 17.3 Å². The van der Waals surface area contributed by atoms with Crippen molar-refractivity contribution in [3.8, 4) is 16.8 Å². The van der Waals surface area contributed by atoms with E-state index in [4.69, 9.17) is 11.6 Å². The SMILES string of the molecule is O=c1cc(-c2ccc([N+](=O)[O-])cc2)cnn1-c1ccc(Cl)cc1. The highest BCUT2D eigenvalue weighted by Gasteiger charge is 2.08. The zero-order valence-corrected chi connectivity index (χ0v) is 12.5. The lowest BCUT2D eigenvalue weighted by atomic mass is 10.1. The van der Waals surface area contributed by atoms with Gasteiger partial charge in [0.05, 0.1) is 16.8 Å². The van der Waals surface area contributed by atoms with Gasteiger partial charge in [-0.1, -0.05) is 11.6 Å². The van der Waals surface area contributed by atoms with Crippen LogP contribution >= 0.6 is 11.6 Å². The van der Waals surface area contributed by atoms with Gasteiger partial charge in [-0.3, -0.25) is 14.9 Å². The average molecular weight is 328 g/mol. The van der Waals surface area contributed by atoms with E-state index in [0.717, 1.165) is 0 Å². The van der Waals surface area contributed by atoms with Crippen LogP contribution in [0.4, 0.5) is 5.69 Å². The maximum Gasteiger partial charge on any atom is 0.272 e. The minimum absolute atomic E-state index is 0.00350. The van der Waals surface area contributed by atoms with Crippen molar-refractivity contribution in [1.82, 2.24) is 9.78 Å². The Balaban J connectivity index is 1.97. The molecule has 0 aliphatic carbocycles. The van der Waals surface area contributed by atoms with Crippen molar-refractivity contribution in [3.63, 3.8) is 0 Å². The zero-order valence-electron chi connectivity index (χ0n) is 11.7. The first-order valence-electron chi connectivity index (χ1n) is 6.65. The summed E-state index contributed by atoms with van der Waals surface area (Å²) in [4.78, 5) is 22.4. The Hall–Kier alpha value is -2.99. The molecule has 23 heavy (non-hydrogen) atoms. The van der Waals surface area contributed by atoms with Crippen molar-refractivity contribution in [1.29, 1.82) is 0 Å². The van der Waals surface area contributed by atoms with Crippen LogP contribution in [0.1, 0.15) is 0 Å². The molecule has 0 unspecified atom stereocenters. The number of hydrogen-bond donors (Lipinski definition) is 0. The van der Waals surface area contributed by atoms with Crippen LogP contribution in [0.3, 0.4) is 0 Å². The van der Waals surface area contributed by atoms with Crippen molar-refractivity contribution in [3.05, 3.63) is 86.3 Å². The Morgan fingerprint density at radius 1 is 1.00 bits per heavy atom. The predicted octanol–water partition coefficient (Wildman–Crippen LogP) is 3.46. The van der Waals surface area contributed by atoms with Gasteiger partial charge in [0.2, 0.25) is 0 Å². The summed E-state index contributed by atoms with van der Waals surface area (Å²) in [6.07, 6.45) is 1.54. The van der Waals surface area contributed by atoms with Gasteiger partial charge in [-0.2, -0.15) is 9.78 Å². The van der Waals surface area contributed by atoms with Crippen LogP contribution < -0.4 is 5.56 Å². The summed E-state index contributed by atoms with van der Waals surface area (Å²) >= 11 is 5.82. The molecule has 1 aromatic heterocycles. The number of benzene rings is 2. The van der Waals surface area contributed by atoms with Crippen molar-refractivity contribution < 1.29 is 4.92 Å². The van der Waals surface area contributed by atoms with Crippen LogP contribution in [-0.4, -0.2) is 14.7 Å². The summed E-state index contributed by atoms with van der Waals surface area (Å²) in [7, 11) is 0. The zero-order chi connectivity index (χ0) is 16.4. The minimum atomic E-state index is -0.472. The van der Waals surface area contributed by atoms with E-state index in [0.29, 0.717) is 21.8 Å². The van der Waals surface area contributed by atoms with E-state index in [1.54, 1.807) is 36.4 Å². The lowest BCUT2D eigenvalue weighted by molar-refractivity contribution is -0.384. The highest BCUT2D eigenvalue weighted by molar-refractivity contribution is 6.30. The summed E-state index contributed by atoms with van der Waals surface area (Å²) in [6.45, 7) is 0. The first-order valence-corrected chi connectivity index (χ1v) is 7.02. The van der Waals surface area contributed by atoms with E-state index in [1.807, 2.05) is 0 Å². The Morgan fingerprint density at radius 2 is 1.65 bits per heavy atom. The van der Waals surface area contributed by atoms with Gasteiger partial charge in [0.1, 0.15) is 0 Å². The Bertz CT molecular complexity index is 919. The molecule has 0 aliphatic rings. The molecule has 0 fully saturated rings. The van der Waals surface area contributed by atoms with Gasteiger partial charge in [-0.25, -0.2) is 0 Å². The molecule has 0 saturated heterocycles. The molecule has 3 rings (SSSR count). The van der Waals surface area contributed by atoms with Crippen LogP contribution in [0.5, 0.6) is 0 Å². The van der Waals surface area contributed by atoms with Crippen LogP contribution in [0.25, 0.3) is 16.8 Å². The maximum absolute atomic E-state index is 12.2. The van der Waals surface area contributed by atoms with E-state index >= 15 is 0 Å². The normalized spacial score (nSPS) is 10.5. The highest BCUT2D eigenvalue weighted by atomic mass is 35.5. The van der Waals surface area contributed by atoms with Gasteiger partial charge in [-0.05, 0) is 42.0 Å². The number of nitro groups is 1. The summed E-state index contributed by atoms with van der Waals surface area (Å²) in [6, 6.07) is 14.1. The number of aromatic nitrogens is 2. The van der Waals surface area contributed by atoms with Gasteiger partial charge in [0, 0.05) is 28.8 Å². The Morgan fingerprint density at radius 3 is 2.22 bits per heavy atom. The highest BCUT2D eigenvalue weighted by Crippen LogP contribution is 2.21. The minimum Gasteiger partial charge on any atom is -0.267 e. The summed E-state index contributed by atoms with van der Waals surface area (Å²) in [5, 5.41) is 15.4. The summed E-state index contributed by atoms with van der Waals surface area (Å²) in [5.74, 6) is 0. The molecule has 7 heteroatoms. The monoisotopic (exact) mass is 327 g/mol. The van der Waals surface area contributed by atoms with E-state index in [1.165, 1.54) is 29.1 Å². The van der Waals surface area contributed by atoms with Crippen LogP contribution in [0.2, 0.25) is 5.02 Å². The lowest BCUT2D eigenvalue weighted by Gasteiger charge is -2.06. The van der Waals surface area contributed by atoms with E-state index < -0.39 is 4.92 Å². The smallest absolute Gasteiger partial charge is 0.267 e. The summed E-state index contributed by atoms with van der Waals surface area (Å²) < 4.78 is 1.26. The summed E-state index contributed by atoms with van der Waals surface area (Å²) in [5.41, 5.74) is 1.58. The number of rotatable bonds is 3. The lowest BCUT2D eigenvalue weighted by Crippen LogP contribution is -2.19. The topological polar surface area (TPSA) is 78.0 Å². The van der Waals surface area contributed by atoms with Gasteiger partial charge in [-0.15, -0.1) is 0 Å². The first-order chi connectivity index (χ1) is 11.0. The van der Waals surface area contributed by atoms with Crippen molar-refractivity contribution in [2.45, 2.75) is 0 Å². The molecule has 3 aromatic rings. The molecule has 0 spiro atoms. The van der Waals surface area contributed by atoms with E-state index in [-0.39, 0.29) is 11.2 Å². The molecule has 0 N–H and O–H groups in total. The number of nitrogens with zero attached hydrogens (tertiary/aromatic N) is 3. The van der Waals surface area contributed by atoms with Gasteiger partial charge < -0.3 is 0 Å². The molecule has 1 heterocycles. The fraction of sp³-hybridized carbons (Fsp3) is 0. The average Bonchev–Trinajstić information content (AvgIpc) is 2.56. The Kier molecular flexibility index (Phi) is 3.91. The molecule has 0 aliphatic heterocycles. The second-order valence-electron chi connectivity index (χ2n) is 4.77. The molecule has 2 aromatic carbocycles. The third kappa shape index (κ3) is 3.12. The molecule has 0 atom stereocenters. The first kappa shape index (κ1) is 14.9. The van der Waals surface area contributed by atoms with Crippen LogP contribution in [0.15, 0.2) is 65.6 Å². The second-order valence-corrected chi connectivity index (χ2v) is 5.21. The largest absolute Gasteiger partial charge is 0.272 e. The molecule has 114 valence electrons. The van der Waals surface area contributed by atoms with Gasteiger partial charge in [0.25, 0.3) is 11.2 Å². The van der Waals surface area contributed by atoms with Crippen molar-refractivity contribution in [2.24, 2.45) is 0 Å². The molecular weight excluding hydrogens is 318 g/mol. The Labute approximate surface area is 135 Å². The van der Waals surface area contributed by atoms with E-state index in [2.05, 4.69) is 5.10 Å². The number of non-ortho nitro benzene ring substituents is 1. The van der Waals surface area contributed by atoms with E-state index in [9.17, 15) is 14.9 Å². The number of halogens is 1. The standard InChI is InChI=1S/C16H10ClN3O3/c17-13-3-7-14(8-4-13)19-16(21)9-12(10-18-19)11-1-5-15(6-2-11)20(22)23/h1-10H. The number of hydrogen-bond acceptors (Lipinski definition) is 4. The van der Waals surface area contributed by atoms with Gasteiger partial charge in [0.15, 0.2) is 0 Å². The second kappa shape index (κ2) is 6.02. The maximum atomic E-state index is 12.2. The molecular formula is C16H10ClN3O3. The van der Waals surface area contributed by atoms with Gasteiger partial charge >= 0.3 is 0 Å². The predicted molar refractivity (Wildman–Crippen MR) is 86.9 cm³/mol. The fourth-order valence-corrected chi connectivity index (χ4v) is 2.24. The quantitative estimate of drug-likeness (QED) is 0.545. The fourth-order valence-electron chi connectivity index (χ4n) is 2.12. The van der Waals surface area contributed by atoms with Crippen LogP contribution in [0, 0.1) is 10.1 Å². The molecule has 0 saturated carbocycles. The molecule has 0 amide bonds. The molecule has 6 nitrogen and oxygen atoms in total. The van der Waals surface area contributed by atoms with Crippen LogP contribution in [-0.2, 0) is 0 Å².